The van der Waals surface area contributed by atoms with Crippen LogP contribution in [0, 0.1) is 10.1 Å². The summed E-state index contributed by atoms with van der Waals surface area (Å²) in [6.07, 6.45) is 5.71. The number of hydrogen-bond donors (Lipinski definition) is 2. The number of anilines is 1. The van der Waals surface area contributed by atoms with Crippen molar-refractivity contribution in [2.75, 3.05) is 18.7 Å². The molecular formula is C25H28FN5O6S. The van der Waals surface area contributed by atoms with Gasteiger partial charge in [-0.3, -0.25) is 20.3 Å². The van der Waals surface area contributed by atoms with Crippen molar-refractivity contribution in [3.8, 4) is 5.75 Å². The van der Waals surface area contributed by atoms with Gasteiger partial charge in [0.1, 0.15) is 5.67 Å². The zero-order valence-corrected chi connectivity index (χ0v) is 22.0. The number of fused-ring (bicyclic) bond motifs is 3. The van der Waals surface area contributed by atoms with Crippen LogP contribution in [0.4, 0.5) is 15.9 Å². The minimum Gasteiger partial charge on any atom is -0.490 e. The van der Waals surface area contributed by atoms with Crippen LogP contribution in [0.5, 0.6) is 5.75 Å². The molecule has 0 radical (unpaired) electrons. The lowest BCUT2D eigenvalue weighted by Crippen LogP contribution is -2.35. The summed E-state index contributed by atoms with van der Waals surface area (Å²) in [5, 5.41) is 24.8. The number of pyridine rings is 2. The topological polar surface area (TPSA) is 148 Å². The molecule has 0 amide bonds. The Morgan fingerprint density at radius 3 is 2.63 bits per heavy atom. The van der Waals surface area contributed by atoms with E-state index in [1.54, 1.807) is 12.3 Å². The number of ether oxygens (including phenoxy) is 1. The molecule has 1 unspecified atom stereocenters. The van der Waals surface area contributed by atoms with E-state index in [0.29, 0.717) is 34.2 Å². The van der Waals surface area contributed by atoms with Crippen LogP contribution in [0.25, 0.3) is 10.8 Å². The minimum absolute atomic E-state index is 0.0619. The van der Waals surface area contributed by atoms with E-state index in [1.165, 1.54) is 39.3 Å². The summed E-state index contributed by atoms with van der Waals surface area (Å²) in [5.41, 5.74) is -0.229. The third-order valence-electron chi connectivity index (χ3n) is 6.93. The second kappa shape index (κ2) is 9.40. The highest BCUT2D eigenvalue weighted by Crippen LogP contribution is 2.46. The molecule has 0 spiro atoms. The highest BCUT2D eigenvalue weighted by molar-refractivity contribution is 7.89. The Hall–Kier alpha value is -3.42. The number of sulfonamides is 1. The minimum atomic E-state index is -4.17. The van der Waals surface area contributed by atoms with E-state index in [4.69, 9.17) is 4.74 Å². The van der Waals surface area contributed by atoms with Crippen LogP contribution >= 0.6 is 0 Å². The average Bonchev–Trinajstić information content (AvgIpc) is 3.64. The number of nitro groups is 1. The molecule has 2 heterocycles. The molecule has 2 aliphatic rings. The maximum absolute atomic E-state index is 14.2. The van der Waals surface area contributed by atoms with Crippen molar-refractivity contribution in [2.45, 2.75) is 62.1 Å². The van der Waals surface area contributed by atoms with Crippen LogP contribution in [0.1, 0.15) is 61.9 Å². The first kappa shape index (κ1) is 26.2. The first-order valence-corrected chi connectivity index (χ1v) is 13.7. The number of aryl methyl sites for hydroxylation is 1. The SMILES string of the molecule is COc1ccnc(N(O)C2CCc3c2cc(S(=O)(=O)NCC(C)(C)F)c2cc(C4CC4)ncc32)c1[N+](=O)[O-]. The average molecular weight is 546 g/mol. The lowest BCUT2D eigenvalue weighted by atomic mass is 10.00. The smallest absolute Gasteiger partial charge is 0.355 e. The fraction of sp³-hybridized carbons (Fsp3) is 0.440. The Balaban J connectivity index is 1.66. The normalized spacial score (nSPS) is 17.4. The van der Waals surface area contributed by atoms with Gasteiger partial charge in [-0.05, 0) is 62.8 Å². The van der Waals surface area contributed by atoms with E-state index >= 15 is 0 Å². The molecule has 1 saturated carbocycles. The first-order chi connectivity index (χ1) is 17.9. The molecule has 1 aromatic carbocycles. The maximum atomic E-state index is 14.2. The van der Waals surface area contributed by atoms with E-state index in [9.17, 15) is 28.1 Å². The molecule has 1 fully saturated rings. The van der Waals surface area contributed by atoms with Crippen LogP contribution < -0.4 is 14.5 Å². The zero-order valence-electron chi connectivity index (χ0n) is 21.1. The number of halogens is 1. The molecule has 2 aliphatic carbocycles. The van der Waals surface area contributed by atoms with Gasteiger partial charge in [-0.25, -0.2) is 27.6 Å². The largest absolute Gasteiger partial charge is 0.490 e. The number of nitrogens with one attached hydrogen (secondary N) is 1. The predicted octanol–water partition coefficient (Wildman–Crippen LogP) is 4.33. The van der Waals surface area contributed by atoms with Gasteiger partial charge in [0.15, 0.2) is 0 Å². The predicted molar refractivity (Wildman–Crippen MR) is 137 cm³/mol. The van der Waals surface area contributed by atoms with Crippen LogP contribution in [0.3, 0.4) is 0 Å². The standard InChI is InChI=1S/C25H28FN5O6S/c1-25(2,26)13-29-38(35,36)22-11-16-15(18-12-28-19(10-17(18)22)14-4-5-14)6-7-20(16)30(32)24-23(31(33)34)21(37-3)8-9-27-24/h8-12,14,20,29,32H,4-7,13H2,1-3H3. The Morgan fingerprint density at radius 1 is 1.26 bits per heavy atom. The summed E-state index contributed by atoms with van der Waals surface area (Å²) in [6, 6.07) is 3.73. The molecule has 0 saturated heterocycles. The molecule has 1 atom stereocenters. The molecule has 2 N–H and O–H groups in total. The quantitative estimate of drug-likeness (QED) is 0.296. The molecule has 202 valence electrons. The van der Waals surface area contributed by atoms with Crippen LogP contribution in [-0.4, -0.2) is 47.8 Å². The van der Waals surface area contributed by atoms with Gasteiger partial charge in [0.2, 0.25) is 21.6 Å². The lowest BCUT2D eigenvalue weighted by Gasteiger charge is -2.25. The molecule has 38 heavy (non-hydrogen) atoms. The fourth-order valence-electron chi connectivity index (χ4n) is 4.89. The van der Waals surface area contributed by atoms with E-state index in [2.05, 4.69) is 14.7 Å². The van der Waals surface area contributed by atoms with E-state index in [1.807, 2.05) is 0 Å². The molecule has 2 aromatic heterocycles. The second-order valence-corrected chi connectivity index (χ2v) is 12.0. The van der Waals surface area contributed by atoms with E-state index in [0.717, 1.165) is 24.1 Å². The summed E-state index contributed by atoms with van der Waals surface area (Å²) in [7, 11) is -2.90. The molecule has 0 aliphatic heterocycles. The van der Waals surface area contributed by atoms with Gasteiger partial charge in [-0.1, -0.05) is 0 Å². The fourth-order valence-corrected chi connectivity index (χ4v) is 6.32. The van der Waals surface area contributed by atoms with Crippen molar-refractivity contribution in [3.63, 3.8) is 0 Å². The number of rotatable bonds is 9. The number of methoxy groups -OCH3 is 1. The summed E-state index contributed by atoms with van der Waals surface area (Å²) < 4.78 is 48.6. The molecule has 5 rings (SSSR count). The van der Waals surface area contributed by atoms with Gasteiger partial charge in [0.25, 0.3) is 0 Å². The first-order valence-electron chi connectivity index (χ1n) is 12.2. The Kier molecular flexibility index (Phi) is 6.48. The molecular weight excluding hydrogens is 517 g/mol. The number of hydrogen-bond acceptors (Lipinski definition) is 9. The van der Waals surface area contributed by atoms with Crippen LogP contribution in [0.15, 0.2) is 35.5 Å². The van der Waals surface area contributed by atoms with Gasteiger partial charge in [-0.2, -0.15) is 0 Å². The number of aromatic nitrogens is 2. The van der Waals surface area contributed by atoms with Crippen molar-refractivity contribution >= 4 is 32.3 Å². The second-order valence-electron chi connectivity index (χ2n) is 10.3. The molecule has 0 bridgehead atoms. The lowest BCUT2D eigenvalue weighted by molar-refractivity contribution is -0.385. The van der Waals surface area contributed by atoms with Crippen molar-refractivity contribution in [3.05, 3.63) is 57.5 Å². The summed E-state index contributed by atoms with van der Waals surface area (Å²) >= 11 is 0. The Labute approximate surface area is 218 Å². The van der Waals surface area contributed by atoms with Crippen molar-refractivity contribution in [2.24, 2.45) is 0 Å². The number of alkyl halides is 1. The van der Waals surface area contributed by atoms with Gasteiger partial charge in [-0.15, -0.1) is 0 Å². The zero-order chi connectivity index (χ0) is 27.4. The number of hydroxylamine groups is 1. The van der Waals surface area contributed by atoms with Crippen molar-refractivity contribution < 1.29 is 27.7 Å². The molecule has 3 aromatic rings. The highest BCUT2D eigenvalue weighted by atomic mass is 32.2. The van der Waals surface area contributed by atoms with Crippen LogP contribution in [0.2, 0.25) is 0 Å². The molecule has 11 nitrogen and oxygen atoms in total. The van der Waals surface area contributed by atoms with Crippen LogP contribution in [-0.2, 0) is 16.4 Å². The Morgan fingerprint density at radius 2 is 2.00 bits per heavy atom. The van der Waals surface area contributed by atoms with E-state index in [-0.39, 0.29) is 22.4 Å². The molecule has 13 heteroatoms. The van der Waals surface area contributed by atoms with Crippen molar-refractivity contribution in [1.82, 2.24) is 14.7 Å². The Bertz CT molecular complexity index is 1540. The summed E-state index contributed by atoms with van der Waals surface area (Å²) in [6.45, 7) is 2.13. The van der Waals surface area contributed by atoms with Gasteiger partial charge >= 0.3 is 5.69 Å². The number of benzene rings is 1. The van der Waals surface area contributed by atoms with Gasteiger partial charge in [0, 0.05) is 47.4 Å². The number of nitrogens with zero attached hydrogens (tertiary/aromatic N) is 4. The van der Waals surface area contributed by atoms with Gasteiger partial charge in [0.05, 0.1) is 23.0 Å². The maximum Gasteiger partial charge on any atom is 0.355 e. The summed E-state index contributed by atoms with van der Waals surface area (Å²) in [4.78, 5) is 19.6. The third kappa shape index (κ3) is 4.76. The monoisotopic (exact) mass is 545 g/mol. The van der Waals surface area contributed by atoms with Crippen molar-refractivity contribution in [1.29, 1.82) is 0 Å². The van der Waals surface area contributed by atoms with E-state index < -0.39 is 38.9 Å². The third-order valence-corrected chi connectivity index (χ3v) is 8.37. The summed E-state index contributed by atoms with van der Waals surface area (Å²) in [5.74, 6) is -0.119. The highest BCUT2D eigenvalue weighted by Gasteiger charge is 2.37. The van der Waals surface area contributed by atoms with Gasteiger partial charge < -0.3 is 4.74 Å².